The summed E-state index contributed by atoms with van der Waals surface area (Å²) in [6.45, 7) is 1.77. The van der Waals surface area contributed by atoms with E-state index in [1.165, 1.54) is 17.2 Å². The molecule has 106 valence electrons. The van der Waals surface area contributed by atoms with Crippen LogP contribution in [-0.4, -0.2) is 34.7 Å². The predicted octanol–water partition coefficient (Wildman–Crippen LogP) is 2.10. The summed E-state index contributed by atoms with van der Waals surface area (Å²) in [5.41, 5.74) is 0.0363. The zero-order chi connectivity index (χ0) is 14.9. The second-order valence-corrected chi connectivity index (χ2v) is 4.61. The van der Waals surface area contributed by atoms with Gasteiger partial charge in [-0.15, -0.1) is 0 Å². The van der Waals surface area contributed by atoms with Crippen molar-refractivity contribution in [2.24, 2.45) is 0 Å². The molecule has 0 saturated carbocycles. The standard InChI is InChI=1S/C13H14FN3O3/c1-8(18)7-16(2)13-10(14)6-11(17(19)20)9-4-3-5-15-12(9)13/h3-6,8,18H,7H2,1-2H3. The van der Waals surface area contributed by atoms with Gasteiger partial charge in [-0.3, -0.25) is 15.1 Å². The van der Waals surface area contributed by atoms with Gasteiger partial charge in [0.15, 0.2) is 5.82 Å². The fourth-order valence-corrected chi connectivity index (χ4v) is 2.18. The van der Waals surface area contributed by atoms with Crippen molar-refractivity contribution in [2.45, 2.75) is 13.0 Å². The summed E-state index contributed by atoms with van der Waals surface area (Å²) in [6.07, 6.45) is 0.791. The highest BCUT2D eigenvalue weighted by atomic mass is 19.1. The van der Waals surface area contributed by atoms with Crippen molar-refractivity contribution in [1.82, 2.24) is 4.98 Å². The summed E-state index contributed by atoms with van der Waals surface area (Å²) in [5, 5.41) is 20.7. The molecule has 1 aromatic carbocycles. The van der Waals surface area contributed by atoms with Crippen LogP contribution in [0, 0.1) is 15.9 Å². The smallest absolute Gasteiger partial charge is 0.281 e. The molecular formula is C13H14FN3O3. The summed E-state index contributed by atoms with van der Waals surface area (Å²) in [5.74, 6) is -0.731. The molecule has 7 heteroatoms. The molecule has 1 heterocycles. The molecule has 1 N–H and O–H groups in total. The number of aliphatic hydroxyl groups is 1. The lowest BCUT2D eigenvalue weighted by Gasteiger charge is -2.22. The molecule has 0 aliphatic carbocycles. The van der Waals surface area contributed by atoms with Crippen molar-refractivity contribution in [3.63, 3.8) is 0 Å². The molecule has 2 rings (SSSR count). The van der Waals surface area contributed by atoms with Crippen molar-refractivity contribution in [3.8, 4) is 0 Å². The maximum atomic E-state index is 14.2. The van der Waals surface area contributed by atoms with Crippen LogP contribution in [0.4, 0.5) is 15.8 Å². The van der Waals surface area contributed by atoms with E-state index in [2.05, 4.69) is 4.98 Å². The Balaban J connectivity index is 2.70. The number of nitro benzene ring substituents is 1. The van der Waals surface area contributed by atoms with E-state index in [-0.39, 0.29) is 28.8 Å². The van der Waals surface area contributed by atoms with Gasteiger partial charge in [-0.05, 0) is 19.1 Å². The highest BCUT2D eigenvalue weighted by Crippen LogP contribution is 2.34. The Labute approximate surface area is 114 Å². The van der Waals surface area contributed by atoms with Gasteiger partial charge in [0, 0.05) is 19.8 Å². The van der Waals surface area contributed by atoms with E-state index in [0.29, 0.717) is 0 Å². The monoisotopic (exact) mass is 279 g/mol. The number of benzene rings is 1. The van der Waals surface area contributed by atoms with Gasteiger partial charge in [0.25, 0.3) is 5.69 Å². The second-order valence-electron chi connectivity index (χ2n) is 4.61. The number of nitrogens with zero attached hydrogens (tertiary/aromatic N) is 3. The second kappa shape index (κ2) is 5.38. The molecule has 1 unspecified atom stereocenters. The normalized spacial score (nSPS) is 12.4. The van der Waals surface area contributed by atoms with Crippen LogP contribution in [0.15, 0.2) is 24.4 Å². The van der Waals surface area contributed by atoms with Crippen LogP contribution in [0.2, 0.25) is 0 Å². The summed E-state index contributed by atoms with van der Waals surface area (Å²) < 4.78 is 14.2. The molecule has 0 bridgehead atoms. The lowest BCUT2D eigenvalue weighted by molar-refractivity contribution is -0.383. The summed E-state index contributed by atoms with van der Waals surface area (Å²) in [7, 11) is 1.60. The molecule has 20 heavy (non-hydrogen) atoms. The Kier molecular flexibility index (Phi) is 3.80. The van der Waals surface area contributed by atoms with Crippen LogP contribution in [0.25, 0.3) is 10.9 Å². The number of non-ortho nitro benzene ring substituents is 1. The molecular weight excluding hydrogens is 265 g/mol. The van der Waals surface area contributed by atoms with Crippen molar-refractivity contribution < 1.29 is 14.4 Å². The first-order valence-electron chi connectivity index (χ1n) is 6.02. The predicted molar refractivity (Wildman–Crippen MR) is 73.3 cm³/mol. The van der Waals surface area contributed by atoms with E-state index >= 15 is 0 Å². The van der Waals surface area contributed by atoms with Crippen LogP contribution in [0.1, 0.15) is 6.92 Å². The Bertz CT molecular complexity index is 661. The molecule has 0 aliphatic heterocycles. The fourth-order valence-electron chi connectivity index (χ4n) is 2.18. The number of aromatic nitrogens is 1. The van der Waals surface area contributed by atoms with Crippen LogP contribution in [0.5, 0.6) is 0 Å². The van der Waals surface area contributed by atoms with Crippen LogP contribution in [0.3, 0.4) is 0 Å². The van der Waals surface area contributed by atoms with Gasteiger partial charge in [0.2, 0.25) is 0 Å². The Hall–Kier alpha value is -2.28. The number of halogens is 1. The number of nitro groups is 1. The lowest BCUT2D eigenvalue weighted by atomic mass is 10.1. The topological polar surface area (TPSA) is 79.5 Å². The molecule has 0 spiro atoms. The first kappa shape index (κ1) is 14.1. The maximum Gasteiger partial charge on any atom is 0.281 e. The first-order valence-corrected chi connectivity index (χ1v) is 6.02. The Morgan fingerprint density at radius 1 is 1.60 bits per heavy atom. The number of pyridine rings is 1. The fraction of sp³-hybridized carbons (Fsp3) is 0.308. The van der Waals surface area contributed by atoms with E-state index in [4.69, 9.17) is 0 Å². The molecule has 0 amide bonds. The van der Waals surface area contributed by atoms with Gasteiger partial charge in [-0.2, -0.15) is 0 Å². The van der Waals surface area contributed by atoms with Crippen LogP contribution in [-0.2, 0) is 0 Å². The minimum Gasteiger partial charge on any atom is -0.392 e. The zero-order valence-corrected chi connectivity index (χ0v) is 11.1. The third kappa shape index (κ3) is 2.53. The van der Waals surface area contributed by atoms with Gasteiger partial charge >= 0.3 is 0 Å². The minimum atomic E-state index is -0.731. The molecule has 2 aromatic rings. The van der Waals surface area contributed by atoms with Crippen LogP contribution < -0.4 is 4.90 Å². The zero-order valence-electron chi connectivity index (χ0n) is 11.1. The van der Waals surface area contributed by atoms with Crippen molar-refractivity contribution in [2.75, 3.05) is 18.5 Å². The average molecular weight is 279 g/mol. The highest BCUT2D eigenvalue weighted by Gasteiger charge is 2.22. The highest BCUT2D eigenvalue weighted by molar-refractivity contribution is 5.97. The molecule has 0 fully saturated rings. The number of aliphatic hydroxyl groups excluding tert-OH is 1. The van der Waals surface area contributed by atoms with E-state index in [9.17, 15) is 19.6 Å². The largest absolute Gasteiger partial charge is 0.392 e. The Morgan fingerprint density at radius 2 is 2.30 bits per heavy atom. The number of rotatable bonds is 4. The molecule has 0 aliphatic rings. The minimum absolute atomic E-state index is 0.145. The average Bonchev–Trinajstić information content (AvgIpc) is 2.36. The number of fused-ring (bicyclic) bond motifs is 1. The number of hydrogen-bond acceptors (Lipinski definition) is 5. The van der Waals surface area contributed by atoms with E-state index in [1.54, 1.807) is 20.0 Å². The van der Waals surface area contributed by atoms with Crippen molar-refractivity contribution in [1.29, 1.82) is 0 Å². The van der Waals surface area contributed by atoms with Gasteiger partial charge in [0.1, 0.15) is 5.52 Å². The van der Waals surface area contributed by atoms with Crippen LogP contribution >= 0.6 is 0 Å². The van der Waals surface area contributed by atoms with Gasteiger partial charge in [-0.25, -0.2) is 4.39 Å². The van der Waals surface area contributed by atoms with Crippen molar-refractivity contribution in [3.05, 3.63) is 40.3 Å². The first-order chi connectivity index (χ1) is 9.41. The summed E-state index contributed by atoms with van der Waals surface area (Å²) in [6, 6.07) is 3.98. The summed E-state index contributed by atoms with van der Waals surface area (Å²) >= 11 is 0. The quantitative estimate of drug-likeness (QED) is 0.684. The molecule has 6 nitrogen and oxygen atoms in total. The maximum absolute atomic E-state index is 14.2. The SMILES string of the molecule is CC(O)CN(C)c1c(F)cc([N+](=O)[O-])c2cccnc12. The van der Waals surface area contributed by atoms with E-state index < -0.39 is 16.8 Å². The van der Waals surface area contributed by atoms with E-state index in [0.717, 1.165) is 6.07 Å². The number of anilines is 1. The number of likely N-dealkylation sites (N-methyl/N-ethyl adjacent to an activating group) is 1. The Morgan fingerprint density at radius 3 is 2.90 bits per heavy atom. The van der Waals surface area contributed by atoms with Crippen molar-refractivity contribution >= 4 is 22.3 Å². The van der Waals surface area contributed by atoms with Gasteiger partial charge in [-0.1, -0.05) is 0 Å². The molecule has 0 saturated heterocycles. The molecule has 0 radical (unpaired) electrons. The molecule has 1 atom stereocenters. The lowest BCUT2D eigenvalue weighted by Crippen LogP contribution is -2.28. The van der Waals surface area contributed by atoms with Gasteiger partial charge in [0.05, 0.1) is 28.2 Å². The third-order valence-electron chi connectivity index (χ3n) is 2.91. The van der Waals surface area contributed by atoms with Gasteiger partial charge < -0.3 is 10.0 Å². The molecule has 1 aromatic heterocycles. The van der Waals surface area contributed by atoms with E-state index in [1.807, 2.05) is 0 Å². The third-order valence-corrected chi connectivity index (χ3v) is 2.91. The summed E-state index contributed by atoms with van der Waals surface area (Å²) in [4.78, 5) is 15.9. The number of hydrogen-bond donors (Lipinski definition) is 1.